The van der Waals surface area contributed by atoms with Gasteiger partial charge in [0.1, 0.15) is 23.2 Å². The Kier molecular flexibility index (Phi) is 4.50. The van der Waals surface area contributed by atoms with Crippen LogP contribution in [0.3, 0.4) is 0 Å². The van der Waals surface area contributed by atoms with E-state index in [0.717, 1.165) is 35.4 Å². The van der Waals surface area contributed by atoms with Gasteiger partial charge in [0.2, 0.25) is 5.43 Å². The van der Waals surface area contributed by atoms with E-state index in [4.69, 9.17) is 0 Å². The number of aromatic carboxylic acids is 1. The van der Waals surface area contributed by atoms with Gasteiger partial charge in [-0.15, -0.1) is 0 Å². The SMILES string of the molecule is [NH3+]C1CCN(c2nc3c(cc2F)c(=O)c(C(=O)O)cn3-c2ccc(F)cc2F)C1. The first kappa shape index (κ1) is 18.9. The number of hydrogen-bond acceptors (Lipinski definition) is 4. The van der Waals surface area contributed by atoms with Gasteiger partial charge in [-0.1, -0.05) is 0 Å². The van der Waals surface area contributed by atoms with Crippen molar-refractivity contribution in [3.05, 3.63) is 63.7 Å². The van der Waals surface area contributed by atoms with Crippen LogP contribution in [0, 0.1) is 17.5 Å². The fourth-order valence-electron chi connectivity index (χ4n) is 3.47. The molecule has 3 aromatic rings. The van der Waals surface area contributed by atoms with Crippen LogP contribution in [-0.2, 0) is 0 Å². The van der Waals surface area contributed by atoms with Gasteiger partial charge in [0.15, 0.2) is 17.3 Å². The number of anilines is 1. The average Bonchev–Trinajstić information content (AvgIpc) is 3.08. The van der Waals surface area contributed by atoms with Crippen LogP contribution in [-0.4, -0.2) is 39.8 Å². The summed E-state index contributed by atoms with van der Waals surface area (Å²) in [6.45, 7) is 0.962. The first-order chi connectivity index (χ1) is 13.8. The van der Waals surface area contributed by atoms with Crippen molar-refractivity contribution < 1.29 is 28.8 Å². The zero-order chi connectivity index (χ0) is 20.9. The number of pyridine rings is 2. The van der Waals surface area contributed by atoms with Gasteiger partial charge in [0.25, 0.3) is 0 Å². The van der Waals surface area contributed by atoms with E-state index >= 15 is 0 Å². The molecule has 0 saturated carbocycles. The van der Waals surface area contributed by atoms with Gasteiger partial charge >= 0.3 is 5.97 Å². The molecular formula is C19H16F3N4O3+. The van der Waals surface area contributed by atoms with Crippen molar-refractivity contribution in [3.8, 4) is 5.69 Å². The van der Waals surface area contributed by atoms with E-state index in [2.05, 4.69) is 10.7 Å². The lowest BCUT2D eigenvalue weighted by molar-refractivity contribution is -0.412. The van der Waals surface area contributed by atoms with Crippen LogP contribution in [0.5, 0.6) is 0 Å². The first-order valence-corrected chi connectivity index (χ1v) is 8.79. The highest BCUT2D eigenvalue weighted by molar-refractivity contribution is 5.92. The van der Waals surface area contributed by atoms with Crippen LogP contribution in [0.4, 0.5) is 19.0 Å². The summed E-state index contributed by atoms with van der Waals surface area (Å²) in [5.41, 5.74) is 1.96. The molecule has 1 atom stereocenters. The van der Waals surface area contributed by atoms with Crippen molar-refractivity contribution in [2.45, 2.75) is 12.5 Å². The summed E-state index contributed by atoms with van der Waals surface area (Å²) in [6, 6.07) is 3.69. The molecule has 0 bridgehead atoms. The fourth-order valence-corrected chi connectivity index (χ4v) is 3.47. The summed E-state index contributed by atoms with van der Waals surface area (Å²) in [6.07, 6.45) is 1.64. The van der Waals surface area contributed by atoms with Crippen LogP contribution < -0.4 is 16.1 Å². The van der Waals surface area contributed by atoms with E-state index in [0.29, 0.717) is 19.2 Å². The molecule has 1 aliphatic rings. The van der Waals surface area contributed by atoms with Gasteiger partial charge in [-0.3, -0.25) is 9.36 Å². The molecule has 0 spiro atoms. The van der Waals surface area contributed by atoms with Crippen LogP contribution in [0.15, 0.2) is 35.3 Å². The van der Waals surface area contributed by atoms with Crippen molar-refractivity contribution in [2.75, 3.05) is 18.0 Å². The van der Waals surface area contributed by atoms with Crippen molar-refractivity contribution in [2.24, 2.45) is 0 Å². The van der Waals surface area contributed by atoms with Crippen LogP contribution in [0.2, 0.25) is 0 Å². The zero-order valence-corrected chi connectivity index (χ0v) is 15.0. The summed E-state index contributed by atoms with van der Waals surface area (Å²) < 4.78 is 43.5. The van der Waals surface area contributed by atoms with Gasteiger partial charge in [-0.25, -0.2) is 22.9 Å². The fraction of sp³-hybridized carbons (Fsp3) is 0.211. The van der Waals surface area contributed by atoms with E-state index in [1.54, 1.807) is 4.90 Å². The minimum atomic E-state index is -1.56. The number of carbonyl (C=O) groups is 1. The molecule has 4 N–H and O–H groups in total. The second kappa shape index (κ2) is 6.89. The Morgan fingerprint density at radius 1 is 1.21 bits per heavy atom. The lowest BCUT2D eigenvalue weighted by Crippen LogP contribution is -2.61. The highest BCUT2D eigenvalue weighted by Crippen LogP contribution is 2.26. The van der Waals surface area contributed by atoms with Crippen molar-refractivity contribution in [3.63, 3.8) is 0 Å². The zero-order valence-electron chi connectivity index (χ0n) is 15.0. The number of aromatic nitrogens is 2. The number of carboxylic acid groups (broad SMARTS) is 1. The summed E-state index contributed by atoms with van der Waals surface area (Å²) in [5.74, 6) is -4.21. The van der Waals surface area contributed by atoms with Gasteiger partial charge in [0.05, 0.1) is 17.6 Å². The number of halogens is 3. The Balaban J connectivity index is 2.05. The standard InChI is InChI=1S/C19H15F3N4O3/c20-9-1-2-15(13(21)5-9)26-8-12(19(28)29)16(27)11-6-14(22)18(24-17(11)26)25-4-3-10(23)7-25/h1-2,5-6,8,10H,3-4,7,23H2,(H,28,29)/p+1. The first-order valence-electron chi connectivity index (χ1n) is 8.79. The van der Waals surface area contributed by atoms with Crippen LogP contribution in [0.25, 0.3) is 16.7 Å². The molecule has 0 radical (unpaired) electrons. The second-order valence-electron chi connectivity index (χ2n) is 6.91. The molecule has 1 saturated heterocycles. The number of rotatable bonds is 3. The van der Waals surface area contributed by atoms with Crippen molar-refractivity contribution in [1.29, 1.82) is 0 Å². The van der Waals surface area contributed by atoms with Gasteiger partial charge in [-0.2, -0.15) is 0 Å². The Bertz CT molecular complexity index is 1210. The maximum absolute atomic E-state index is 14.7. The minimum absolute atomic E-state index is 0.0394. The van der Waals surface area contributed by atoms with Gasteiger partial charge in [-0.05, 0) is 18.2 Å². The third-order valence-electron chi connectivity index (χ3n) is 4.90. The lowest BCUT2D eigenvalue weighted by atomic mass is 10.1. The molecule has 150 valence electrons. The molecule has 2 aromatic heterocycles. The van der Waals surface area contributed by atoms with Gasteiger partial charge in [0, 0.05) is 25.2 Å². The van der Waals surface area contributed by atoms with E-state index < -0.39 is 34.4 Å². The Morgan fingerprint density at radius 2 is 1.97 bits per heavy atom. The van der Waals surface area contributed by atoms with E-state index in [1.807, 2.05) is 0 Å². The normalized spacial score (nSPS) is 16.6. The molecule has 7 nitrogen and oxygen atoms in total. The maximum atomic E-state index is 14.7. The van der Waals surface area contributed by atoms with Crippen LogP contribution in [0.1, 0.15) is 16.8 Å². The quantitative estimate of drug-likeness (QED) is 0.684. The predicted molar refractivity (Wildman–Crippen MR) is 97.7 cm³/mol. The number of nitrogens with zero attached hydrogens (tertiary/aromatic N) is 3. The third kappa shape index (κ3) is 3.21. The maximum Gasteiger partial charge on any atom is 0.341 e. The van der Waals surface area contributed by atoms with Crippen molar-refractivity contribution >= 4 is 22.8 Å². The molecule has 1 fully saturated rings. The highest BCUT2D eigenvalue weighted by atomic mass is 19.1. The summed E-state index contributed by atoms with van der Waals surface area (Å²) in [7, 11) is 0. The summed E-state index contributed by atoms with van der Waals surface area (Å²) in [4.78, 5) is 29.9. The van der Waals surface area contributed by atoms with Crippen LogP contribution >= 0.6 is 0 Å². The summed E-state index contributed by atoms with van der Waals surface area (Å²) in [5, 5.41) is 9.02. The van der Waals surface area contributed by atoms with Crippen molar-refractivity contribution in [1.82, 2.24) is 9.55 Å². The molecule has 1 aliphatic heterocycles. The molecule has 4 rings (SSSR count). The Morgan fingerprint density at radius 3 is 2.59 bits per heavy atom. The van der Waals surface area contributed by atoms with E-state index in [-0.39, 0.29) is 28.6 Å². The van der Waals surface area contributed by atoms with E-state index in [1.165, 1.54) is 0 Å². The highest BCUT2D eigenvalue weighted by Gasteiger charge is 2.27. The largest absolute Gasteiger partial charge is 0.477 e. The molecule has 29 heavy (non-hydrogen) atoms. The second-order valence-corrected chi connectivity index (χ2v) is 6.91. The Labute approximate surface area is 161 Å². The average molecular weight is 405 g/mol. The topological polar surface area (TPSA) is 103 Å². The number of fused-ring (bicyclic) bond motifs is 1. The molecule has 0 aliphatic carbocycles. The molecule has 10 heteroatoms. The third-order valence-corrected chi connectivity index (χ3v) is 4.90. The molecule has 1 unspecified atom stereocenters. The van der Waals surface area contributed by atoms with Gasteiger partial charge < -0.3 is 15.7 Å². The smallest absolute Gasteiger partial charge is 0.341 e. The molecule has 3 heterocycles. The Hall–Kier alpha value is -3.40. The van der Waals surface area contributed by atoms with E-state index in [9.17, 15) is 27.9 Å². The number of carboxylic acids is 1. The predicted octanol–water partition coefficient (Wildman–Crippen LogP) is 1.32. The number of hydrogen-bond donors (Lipinski definition) is 2. The number of benzene rings is 1. The molecular weight excluding hydrogens is 389 g/mol. The summed E-state index contributed by atoms with van der Waals surface area (Å²) >= 11 is 0. The molecule has 1 aromatic carbocycles. The minimum Gasteiger partial charge on any atom is -0.477 e. The number of quaternary nitrogens is 1. The molecule has 0 amide bonds. The monoisotopic (exact) mass is 405 g/mol. The lowest BCUT2D eigenvalue weighted by Gasteiger charge is -2.19.